The molecule has 0 bridgehead atoms. The fourth-order valence-electron chi connectivity index (χ4n) is 1.76. The van der Waals surface area contributed by atoms with Gasteiger partial charge in [-0.05, 0) is 12.8 Å². The summed E-state index contributed by atoms with van der Waals surface area (Å²) in [6, 6.07) is 0. The molecular weight excluding hydrogens is 176 g/mol. The van der Waals surface area contributed by atoms with Crippen molar-refractivity contribution in [2.45, 2.75) is 44.6 Å². The van der Waals surface area contributed by atoms with E-state index in [1.165, 1.54) is 32.1 Å². The molecule has 1 aliphatic rings. The first-order valence-electron chi connectivity index (χ1n) is 5.34. The molecule has 0 N–H and O–H groups in total. The van der Waals surface area contributed by atoms with Crippen LogP contribution in [0.15, 0.2) is 0 Å². The molecule has 0 radical (unpaired) electrons. The summed E-state index contributed by atoms with van der Waals surface area (Å²) in [5, 5.41) is 0. The van der Waals surface area contributed by atoms with Crippen LogP contribution in [0.2, 0.25) is 0 Å². The molecular formula is C12H18O2. The van der Waals surface area contributed by atoms with E-state index in [1.807, 2.05) is 0 Å². The van der Waals surface area contributed by atoms with Gasteiger partial charge in [0.1, 0.15) is 12.4 Å². The molecule has 1 saturated carbocycles. The molecule has 0 aromatic carbocycles. The van der Waals surface area contributed by atoms with Crippen LogP contribution in [0.5, 0.6) is 0 Å². The number of hydrogen-bond donors (Lipinski definition) is 0. The summed E-state index contributed by atoms with van der Waals surface area (Å²) in [4.78, 5) is 10.3. The van der Waals surface area contributed by atoms with Crippen molar-refractivity contribution in [1.82, 2.24) is 0 Å². The van der Waals surface area contributed by atoms with E-state index in [-0.39, 0.29) is 6.10 Å². The molecule has 0 aliphatic heterocycles. The number of carbonyl (C=O) groups excluding carboxylic acids is 1. The molecule has 1 rings (SSSR count). The molecule has 2 heteroatoms. The van der Waals surface area contributed by atoms with Gasteiger partial charge in [0.15, 0.2) is 0 Å². The molecule has 0 saturated heterocycles. The van der Waals surface area contributed by atoms with Crippen LogP contribution < -0.4 is 0 Å². The smallest absolute Gasteiger partial charge is 0.124 e. The molecule has 1 fully saturated rings. The lowest BCUT2D eigenvalue weighted by Gasteiger charge is -2.16. The van der Waals surface area contributed by atoms with Crippen LogP contribution in [0.25, 0.3) is 0 Å². The average Bonchev–Trinajstić information content (AvgIpc) is 2.25. The minimum absolute atomic E-state index is 0.200. The Bertz CT molecular complexity index is 218. The maximum atomic E-state index is 10.3. The Morgan fingerprint density at radius 1 is 1.43 bits per heavy atom. The van der Waals surface area contributed by atoms with E-state index in [4.69, 9.17) is 4.74 Å². The maximum absolute atomic E-state index is 10.3. The van der Waals surface area contributed by atoms with Crippen molar-refractivity contribution in [3.05, 3.63) is 0 Å². The number of methoxy groups -OCH3 is 1. The maximum Gasteiger partial charge on any atom is 0.124 e. The zero-order valence-electron chi connectivity index (χ0n) is 8.79. The van der Waals surface area contributed by atoms with Crippen molar-refractivity contribution < 1.29 is 9.53 Å². The lowest BCUT2D eigenvalue weighted by Crippen LogP contribution is -2.09. The Labute approximate surface area is 86.0 Å². The van der Waals surface area contributed by atoms with Gasteiger partial charge in [0.2, 0.25) is 0 Å². The summed E-state index contributed by atoms with van der Waals surface area (Å²) < 4.78 is 5.08. The summed E-state index contributed by atoms with van der Waals surface area (Å²) in [7, 11) is 1.60. The Morgan fingerprint density at radius 3 is 2.71 bits per heavy atom. The highest BCUT2D eigenvalue weighted by atomic mass is 16.5. The highest BCUT2D eigenvalue weighted by Crippen LogP contribution is 2.22. The fraction of sp³-hybridized carbons (Fsp3) is 0.750. The van der Waals surface area contributed by atoms with E-state index < -0.39 is 0 Å². The van der Waals surface area contributed by atoms with Crippen LogP contribution in [-0.2, 0) is 9.53 Å². The summed E-state index contributed by atoms with van der Waals surface area (Å²) in [5.74, 6) is 6.80. The monoisotopic (exact) mass is 194 g/mol. The Balaban J connectivity index is 2.37. The van der Waals surface area contributed by atoms with Crippen molar-refractivity contribution in [3.8, 4) is 11.8 Å². The van der Waals surface area contributed by atoms with Crippen LogP contribution in [0.3, 0.4) is 0 Å². The van der Waals surface area contributed by atoms with Crippen molar-refractivity contribution in [3.63, 3.8) is 0 Å². The Morgan fingerprint density at radius 2 is 2.14 bits per heavy atom. The summed E-state index contributed by atoms with van der Waals surface area (Å²) >= 11 is 0. The molecule has 0 spiro atoms. The SMILES string of the molecule is COC(C#CC1CCCCC1)CC=O. The van der Waals surface area contributed by atoms with Crippen molar-refractivity contribution in [1.29, 1.82) is 0 Å². The third-order valence-electron chi connectivity index (χ3n) is 2.65. The second kappa shape index (κ2) is 6.62. The van der Waals surface area contributed by atoms with Gasteiger partial charge in [-0.1, -0.05) is 31.1 Å². The average molecular weight is 194 g/mol. The number of hydrogen-bond acceptors (Lipinski definition) is 2. The first kappa shape index (κ1) is 11.3. The molecule has 1 unspecified atom stereocenters. The molecule has 0 heterocycles. The van der Waals surface area contributed by atoms with Gasteiger partial charge in [-0.2, -0.15) is 0 Å². The first-order chi connectivity index (χ1) is 6.86. The zero-order chi connectivity index (χ0) is 10.2. The van der Waals surface area contributed by atoms with Gasteiger partial charge in [0.05, 0.1) is 0 Å². The van der Waals surface area contributed by atoms with Crippen molar-refractivity contribution >= 4 is 6.29 Å². The molecule has 78 valence electrons. The normalized spacial score (nSPS) is 19.5. The van der Waals surface area contributed by atoms with Gasteiger partial charge in [0.25, 0.3) is 0 Å². The van der Waals surface area contributed by atoms with Gasteiger partial charge >= 0.3 is 0 Å². The zero-order valence-corrected chi connectivity index (χ0v) is 8.79. The molecule has 0 amide bonds. The van der Waals surface area contributed by atoms with E-state index in [0.29, 0.717) is 12.3 Å². The number of carbonyl (C=O) groups is 1. The van der Waals surface area contributed by atoms with Gasteiger partial charge in [-0.25, -0.2) is 0 Å². The predicted molar refractivity (Wildman–Crippen MR) is 55.8 cm³/mol. The summed E-state index contributed by atoms with van der Waals surface area (Å²) in [6.45, 7) is 0. The van der Waals surface area contributed by atoms with E-state index in [2.05, 4.69) is 11.8 Å². The molecule has 14 heavy (non-hydrogen) atoms. The van der Waals surface area contributed by atoms with Crippen LogP contribution >= 0.6 is 0 Å². The van der Waals surface area contributed by atoms with Crippen molar-refractivity contribution in [2.75, 3.05) is 7.11 Å². The van der Waals surface area contributed by atoms with Crippen LogP contribution in [0.1, 0.15) is 38.5 Å². The number of rotatable bonds is 3. The van der Waals surface area contributed by atoms with E-state index in [0.717, 1.165) is 6.29 Å². The van der Waals surface area contributed by atoms with Gasteiger partial charge < -0.3 is 9.53 Å². The summed E-state index contributed by atoms with van der Waals surface area (Å²) in [6.07, 6.45) is 7.42. The number of ether oxygens (including phenoxy) is 1. The Hall–Kier alpha value is -0.810. The minimum atomic E-state index is -0.200. The van der Waals surface area contributed by atoms with E-state index in [1.54, 1.807) is 7.11 Å². The van der Waals surface area contributed by atoms with Gasteiger partial charge in [-0.15, -0.1) is 0 Å². The fourth-order valence-corrected chi connectivity index (χ4v) is 1.76. The predicted octanol–water partition coefficient (Wildman–Crippen LogP) is 2.17. The van der Waals surface area contributed by atoms with Crippen LogP contribution in [0.4, 0.5) is 0 Å². The Kier molecular flexibility index (Phi) is 5.32. The topological polar surface area (TPSA) is 26.3 Å². The number of aldehydes is 1. The first-order valence-corrected chi connectivity index (χ1v) is 5.34. The highest BCUT2D eigenvalue weighted by Gasteiger charge is 2.10. The van der Waals surface area contributed by atoms with E-state index in [9.17, 15) is 4.79 Å². The highest BCUT2D eigenvalue weighted by molar-refractivity contribution is 5.51. The van der Waals surface area contributed by atoms with Gasteiger partial charge in [-0.3, -0.25) is 0 Å². The second-order valence-electron chi connectivity index (χ2n) is 3.75. The standard InChI is InChI=1S/C12H18O2/c1-14-12(9-10-13)8-7-11-5-3-2-4-6-11/h10-12H,2-6,9H2,1H3. The third kappa shape index (κ3) is 3.93. The molecule has 1 aliphatic carbocycles. The molecule has 2 nitrogen and oxygen atoms in total. The van der Waals surface area contributed by atoms with E-state index >= 15 is 0 Å². The molecule has 1 atom stereocenters. The van der Waals surface area contributed by atoms with Crippen molar-refractivity contribution in [2.24, 2.45) is 5.92 Å². The van der Waals surface area contributed by atoms with Crippen LogP contribution in [-0.4, -0.2) is 19.5 Å². The summed E-state index contributed by atoms with van der Waals surface area (Å²) in [5.41, 5.74) is 0. The molecule has 0 aromatic rings. The second-order valence-corrected chi connectivity index (χ2v) is 3.75. The minimum Gasteiger partial charge on any atom is -0.368 e. The molecule has 0 aromatic heterocycles. The largest absolute Gasteiger partial charge is 0.368 e. The lowest BCUT2D eigenvalue weighted by molar-refractivity contribution is -0.109. The third-order valence-corrected chi connectivity index (χ3v) is 2.65. The van der Waals surface area contributed by atoms with Gasteiger partial charge in [0, 0.05) is 19.4 Å². The van der Waals surface area contributed by atoms with Crippen LogP contribution in [0, 0.1) is 17.8 Å². The lowest BCUT2D eigenvalue weighted by atomic mass is 9.90. The quantitative estimate of drug-likeness (QED) is 0.508.